The fourth-order valence-electron chi connectivity index (χ4n) is 1.70. The lowest BCUT2D eigenvalue weighted by atomic mass is 10.0. The number of carbonyl (C=O) groups excluding carboxylic acids is 1. The molecular formula is C11H11F3N2O. The summed E-state index contributed by atoms with van der Waals surface area (Å²) >= 11 is 0. The van der Waals surface area contributed by atoms with Gasteiger partial charge in [-0.1, -0.05) is 6.07 Å². The number of pyridine rings is 1. The van der Waals surface area contributed by atoms with Crippen LogP contribution in [0.2, 0.25) is 0 Å². The normalized spacial score (nSPS) is 17.6. The largest absolute Gasteiger partial charge is 0.471 e. The molecule has 0 aromatic carbocycles. The Bertz CT molecular complexity index is 412. The summed E-state index contributed by atoms with van der Waals surface area (Å²) in [6.07, 6.45) is -1.72. The van der Waals surface area contributed by atoms with Crippen molar-refractivity contribution in [2.75, 3.05) is 6.54 Å². The van der Waals surface area contributed by atoms with Crippen LogP contribution < -0.4 is 5.32 Å². The quantitative estimate of drug-likeness (QED) is 0.880. The van der Waals surface area contributed by atoms with Gasteiger partial charge in [0.1, 0.15) is 0 Å². The fraction of sp³-hybridized carbons (Fsp3) is 0.455. The molecule has 1 saturated carbocycles. The van der Waals surface area contributed by atoms with Crippen LogP contribution in [0.5, 0.6) is 0 Å². The van der Waals surface area contributed by atoms with Gasteiger partial charge in [0.15, 0.2) is 0 Å². The van der Waals surface area contributed by atoms with Gasteiger partial charge in [0.05, 0.1) is 0 Å². The number of rotatable bonds is 3. The number of halogens is 3. The first-order chi connectivity index (χ1) is 7.94. The van der Waals surface area contributed by atoms with Gasteiger partial charge in [-0.25, -0.2) is 0 Å². The van der Waals surface area contributed by atoms with E-state index in [0.717, 1.165) is 18.5 Å². The second-order valence-electron chi connectivity index (χ2n) is 4.18. The lowest BCUT2D eigenvalue weighted by Crippen LogP contribution is -2.41. The maximum Gasteiger partial charge on any atom is 0.471 e. The van der Waals surface area contributed by atoms with E-state index in [1.807, 2.05) is 5.32 Å². The molecule has 17 heavy (non-hydrogen) atoms. The Morgan fingerprint density at radius 1 is 1.41 bits per heavy atom. The Morgan fingerprint density at radius 2 is 2.12 bits per heavy atom. The Balaban J connectivity index is 1.99. The molecule has 0 saturated heterocycles. The van der Waals surface area contributed by atoms with Crippen molar-refractivity contribution < 1.29 is 18.0 Å². The zero-order chi connectivity index (χ0) is 12.5. The second-order valence-corrected chi connectivity index (χ2v) is 4.18. The third-order valence-electron chi connectivity index (χ3n) is 2.91. The van der Waals surface area contributed by atoms with Crippen molar-refractivity contribution >= 4 is 5.91 Å². The van der Waals surface area contributed by atoms with Gasteiger partial charge in [0.25, 0.3) is 0 Å². The van der Waals surface area contributed by atoms with E-state index in [-0.39, 0.29) is 6.54 Å². The molecule has 1 aromatic heterocycles. The summed E-state index contributed by atoms with van der Waals surface area (Å²) in [4.78, 5) is 14.8. The van der Waals surface area contributed by atoms with Crippen LogP contribution in [0.15, 0.2) is 24.4 Å². The number of nitrogens with one attached hydrogen (secondary N) is 1. The molecule has 6 heteroatoms. The van der Waals surface area contributed by atoms with Gasteiger partial charge in [-0.15, -0.1) is 0 Å². The minimum Gasteiger partial charge on any atom is -0.347 e. The Morgan fingerprint density at radius 3 is 2.59 bits per heavy atom. The molecule has 0 radical (unpaired) electrons. The van der Waals surface area contributed by atoms with Crippen molar-refractivity contribution in [1.82, 2.24) is 10.3 Å². The predicted octanol–water partition coefficient (Wildman–Crippen LogP) is 1.79. The molecule has 0 bridgehead atoms. The number of hydrogen-bond acceptors (Lipinski definition) is 2. The highest BCUT2D eigenvalue weighted by Crippen LogP contribution is 2.46. The van der Waals surface area contributed by atoms with Crippen molar-refractivity contribution in [3.8, 4) is 0 Å². The van der Waals surface area contributed by atoms with Crippen molar-refractivity contribution in [3.63, 3.8) is 0 Å². The first-order valence-electron chi connectivity index (χ1n) is 5.21. The number of amides is 1. The number of aromatic nitrogens is 1. The lowest BCUT2D eigenvalue weighted by molar-refractivity contribution is -0.173. The van der Waals surface area contributed by atoms with Crippen molar-refractivity contribution in [3.05, 3.63) is 30.1 Å². The summed E-state index contributed by atoms with van der Waals surface area (Å²) in [5.74, 6) is -1.89. The van der Waals surface area contributed by atoms with E-state index in [1.165, 1.54) is 0 Å². The standard InChI is InChI=1S/C11H11F3N2O/c12-11(13,14)9(17)16-7-10(4-5-10)8-3-1-2-6-15-8/h1-3,6H,4-5,7H2,(H,16,17). The molecule has 0 atom stereocenters. The van der Waals surface area contributed by atoms with Crippen LogP contribution in [0.1, 0.15) is 18.5 Å². The van der Waals surface area contributed by atoms with Crippen LogP contribution >= 0.6 is 0 Å². The van der Waals surface area contributed by atoms with Crippen molar-refractivity contribution in [1.29, 1.82) is 0 Å². The summed E-state index contributed by atoms with van der Waals surface area (Å²) < 4.78 is 36.1. The number of carbonyl (C=O) groups is 1. The second kappa shape index (κ2) is 4.01. The van der Waals surface area contributed by atoms with Crippen LogP contribution in [0.4, 0.5) is 13.2 Å². The van der Waals surface area contributed by atoms with Gasteiger partial charge in [-0.2, -0.15) is 13.2 Å². The summed E-state index contributed by atoms with van der Waals surface area (Å²) in [5.41, 5.74) is 0.338. The van der Waals surface area contributed by atoms with Crippen LogP contribution in [0.25, 0.3) is 0 Å². The SMILES string of the molecule is O=C(NCC1(c2ccccn2)CC1)C(F)(F)F. The van der Waals surface area contributed by atoms with Gasteiger partial charge in [0.2, 0.25) is 0 Å². The Hall–Kier alpha value is -1.59. The summed E-state index contributed by atoms with van der Waals surface area (Å²) in [6, 6.07) is 5.30. The predicted molar refractivity (Wildman–Crippen MR) is 54.2 cm³/mol. The van der Waals surface area contributed by atoms with Crippen molar-refractivity contribution in [2.45, 2.75) is 24.4 Å². The maximum absolute atomic E-state index is 12.0. The zero-order valence-electron chi connectivity index (χ0n) is 8.92. The molecule has 0 unspecified atom stereocenters. The zero-order valence-corrected chi connectivity index (χ0v) is 8.92. The van der Waals surface area contributed by atoms with E-state index >= 15 is 0 Å². The minimum atomic E-state index is -4.82. The molecular weight excluding hydrogens is 233 g/mol. The highest BCUT2D eigenvalue weighted by Gasteiger charge is 2.47. The molecule has 1 amide bonds. The van der Waals surface area contributed by atoms with Gasteiger partial charge >= 0.3 is 12.1 Å². The molecule has 1 N–H and O–H groups in total. The Labute approximate surface area is 96.0 Å². The van der Waals surface area contributed by atoms with Crippen molar-refractivity contribution in [2.24, 2.45) is 0 Å². The maximum atomic E-state index is 12.0. The number of nitrogens with zero attached hydrogens (tertiary/aromatic N) is 1. The smallest absolute Gasteiger partial charge is 0.347 e. The minimum absolute atomic E-state index is 0.0116. The third kappa shape index (κ3) is 2.57. The van der Waals surface area contributed by atoms with Gasteiger partial charge in [0, 0.05) is 23.9 Å². The first-order valence-corrected chi connectivity index (χ1v) is 5.21. The number of alkyl halides is 3. The lowest BCUT2D eigenvalue weighted by Gasteiger charge is -2.16. The van der Waals surface area contributed by atoms with E-state index in [0.29, 0.717) is 0 Å². The molecule has 1 aromatic rings. The average Bonchev–Trinajstić information content (AvgIpc) is 3.07. The van der Waals surface area contributed by atoms with Crippen LogP contribution in [-0.4, -0.2) is 23.6 Å². The van der Waals surface area contributed by atoms with E-state index in [9.17, 15) is 18.0 Å². The van der Waals surface area contributed by atoms with E-state index in [1.54, 1.807) is 24.4 Å². The average molecular weight is 244 g/mol. The van der Waals surface area contributed by atoms with Gasteiger partial charge < -0.3 is 5.32 Å². The molecule has 2 rings (SSSR count). The van der Waals surface area contributed by atoms with Crippen LogP contribution in [-0.2, 0) is 10.2 Å². The monoisotopic (exact) mass is 244 g/mol. The van der Waals surface area contributed by atoms with Gasteiger partial charge in [-0.3, -0.25) is 9.78 Å². The van der Waals surface area contributed by atoms with E-state index < -0.39 is 17.5 Å². The van der Waals surface area contributed by atoms with E-state index in [4.69, 9.17) is 0 Å². The summed E-state index contributed by atoms with van der Waals surface area (Å²) in [6.45, 7) is -0.0116. The molecule has 1 aliphatic carbocycles. The topological polar surface area (TPSA) is 42.0 Å². The Kier molecular flexibility index (Phi) is 2.81. The summed E-state index contributed by atoms with van der Waals surface area (Å²) in [7, 11) is 0. The molecule has 92 valence electrons. The van der Waals surface area contributed by atoms with Crippen LogP contribution in [0.3, 0.4) is 0 Å². The molecule has 0 spiro atoms. The summed E-state index contributed by atoms with van der Waals surface area (Å²) in [5, 5.41) is 1.92. The number of hydrogen-bond donors (Lipinski definition) is 1. The molecule has 1 aliphatic rings. The molecule has 3 nitrogen and oxygen atoms in total. The van der Waals surface area contributed by atoms with Crippen LogP contribution in [0, 0.1) is 0 Å². The highest BCUT2D eigenvalue weighted by atomic mass is 19.4. The third-order valence-corrected chi connectivity index (χ3v) is 2.91. The molecule has 1 heterocycles. The first kappa shape index (κ1) is 11.9. The van der Waals surface area contributed by atoms with Gasteiger partial charge in [-0.05, 0) is 25.0 Å². The highest BCUT2D eigenvalue weighted by molar-refractivity contribution is 5.81. The van der Waals surface area contributed by atoms with E-state index in [2.05, 4.69) is 4.98 Å². The molecule has 0 aliphatic heterocycles. The fourth-order valence-corrected chi connectivity index (χ4v) is 1.70. The molecule has 1 fully saturated rings.